The molecule has 0 saturated heterocycles. The van der Waals surface area contributed by atoms with Crippen LogP contribution in [0.25, 0.3) is 10.9 Å². The average molecular weight is 319 g/mol. The molecule has 130 valence electrons. The maximum absolute atomic E-state index is 12.2. The zero-order chi connectivity index (χ0) is 17.8. The number of hydrogen-bond acceptors (Lipinski definition) is 2. The van der Waals surface area contributed by atoms with Crippen molar-refractivity contribution in [1.29, 1.82) is 0 Å². The highest BCUT2D eigenvalue weighted by Gasteiger charge is 2.21. The average Bonchev–Trinajstić information content (AvgIpc) is 3.00. The molecule has 1 atom stereocenters. The molecule has 1 aromatic carbocycles. The summed E-state index contributed by atoms with van der Waals surface area (Å²) in [5.74, 6) is 0.349. The number of para-hydroxylation sites is 1. The molecular weight excluding hydrogens is 284 g/mol. The highest BCUT2D eigenvalue weighted by molar-refractivity contribution is 5.88. The van der Waals surface area contributed by atoms with Crippen LogP contribution in [0.2, 0.25) is 0 Å². The maximum Gasteiger partial charge on any atom is 0.152 e. The molecule has 2 aromatic rings. The number of rotatable bonds is 6. The van der Waals surface area contributed by atoms with Gasteiger partial charge >= 0.3 is 0 Å². The Morgan fingerprint density at radius 3 is 2.30 bits per heavy atom. The van der Waals surface area contributed by atoms with Gasteiger partial charge in [0, 0.05) is 23.0 Å². The van der Waals surface area contributed by atoms with Crippen LogP contribution in [0.15, 0.2) is 30.5 Å². The fraction of sp³-hybridized carbons (Fsp3) is 0.550. The van der Waals surface area contributed by atoms with Crippen molar-refractivity contribution in [2.24, 2.45) is 5.92 Å². The first kappa shape index (κ1) is 21.4. The van der Waals surface area contributed by atoms with E-state index in [1.54, 1.807) is 0 Å². The molecule has 1 unspecified atom stereocenters. The lowest BCUT2D eigenvalue weighted by Crippen LogP contribution is -2.40. The Morgan fingerprint density at radius 1 is 1.13 bits per heavy atom. The fourth-order valence-electron chi connectivity index (χ4n) is 2.44. The largest absolute Gasteiger partial charge is 0.361 e. The van der Waals surface area contributed by atoms with Gasteiger partial charge in [0.2, 0.25) is 0 Å². The molecule has 3 heteroatoms. The topological polar surface area (TPSA) is 44.9 Å². The number of ketones is 1. The van der Waals surface area contributed by atoms with Crippen LogP contribution in [0.4, 0.5) is 0 Å². The Labute approximate surface area is 141 Å². The molecule has 0 saturated carbocycles. The molecule has 0 spiro atoms. The van der Waals surface area contributed by atoms with Crippen molar-refractivity contribution < 1.29 is 4.79 Å². The first-order valence-electron chi connectivity index (χ1n) is 8.95. The van der Waals surface area contributed by atoms with Crippen LogP contribution in [-0.2, 0) is 11.2 Å². The molecule has 0 bridgehead atoms. The van der Waals surface area contributed by atoms with E-state index in [-0.39, 0.29) is 17.7 Å². The van der Waals surface area contributed by atoms with Crippen LogP contribution in [0.5, 0.6) is 0 Å². The maximum atomic E-state index is 12.2. The van der Waals surface area contributed by atoms with Crippen molar-refractivity contribution in [1.82, 2.24) is 10.3 Å². The van der Waals surface area contributed by atoms with Crippen molar-refractivity contribution in [3.8, 4) is 0 Å². The van der Waals surface area contributed by atoms with Gasteiger partial charge in [-0.15, -0.1) is 0 Å². The Bertz CT molecular complexity index is 558. The predicted octanol–water partition coefficient (Wildman–Crippen LogP) is 4.97. The molecule has 2 rings (SSSR count). The standard InChI is InChI=1S/C16H22N2O.2C2H6/c1-4-17-15(16(19)11(2)3)9-12-10-18-14-8-6-5-7-13(12)14;2*1-2/h5-8,10-11,15,17-18H,4,9H2,1-3H3;2*1-2H3. The number of Topliss-reactive ketones (excluding diaryl/α,β-unsaturated/α-hetero) is 1. The van der Waals surface area contributed by atoms with Crippen LogP contribution in [0, 0.1) is 5.92 Å². The molecule has 1 aromatic heterocycles. The molecule has 0 aliphatic rings. The summed E-state index contributed by atoms with van der Waals surface area (Å²) >= 11 is 0. The van der Waals surface area contributed by atoms with Crippen molar-refractivity contribution in [2.75, 3.05) is 6.54 Å². The first-order valence-corrected chi connectivity index (χ1v) is 8.95. The van der Waals surface area contributed by atoms with Gasteiger partial charge < -0.3 is 10.3 Å². The van der Waals surface area contributed by atoms with Gasteiger partial charge in [0.05, 0.1) is 6.04 Å². The van der Waals surface area contributed by atoms with E-state index in [0.29, 0.717) is 0 Å². The Hall–Kier alpha value is -1.61. The molecular formula is C20H34N2O. The van der Waals surface area contributed by atoms with E-state index in [1.807, 2.05) is 66.8 Å². The second kappa shape index (κ2) is 11.9. The van der Waals surface area contributed by atoms with E-state index in [2.05, 4.69) is 22.4 Å². The van der Waals surface area contributed by atoms with Crippen LogP contribution < -0.4 is 5.32 Å². The van der Waals surface area contributed by atoms with Crippen LogP contribution in [0.3, 0.4) is 0 Å². The summed E-state index contributed by atoms with van der Waals surface area (Å²) in [4.78, 5) is 15.5. The molecule has 0 amide bonds. The molecule has 0 aliphatic carbocycles. The van der Waals surface area contributed by atoms with Gasteiger partial charge in [0.1, 0.15) is 0 Å². The van der Waals surface area contributed by atoms with Crippen LogP contribution in [-0.4, -0.2) is 23.4 Å². The van der Waals surface area contributed by atoms with E-state index in [0.717, 1.165) is 18.5 Å². The third kappa shape index (κ3) is 6.19. The minimum Gasteiger partial charge on any atom is -0.361 e. The van der Waals surface area contributed by atoms with E-state index in [4.69, 9.17) is 0 Å². The SMILES string of the molecule is CC.CC.CCNC(Cc1c[nH]c2ccccc12)C(=O)C(C)C. The number of fused-ring (bicyclic) bond motifs is 1. The van der Waals surface area contributed by atoms with Gasteiger partial charge in [0.15, 0.2) is 5.78 Å². The normalized spacial score (nSPS) is 11.3. The van der Waals surface area contributed by atoms with Crippen molar-refractivity contribution >= 4 is 16.7 Å². The Balaban J connectivity index is 0.00000112. The minimum atomic E-state index is -0.0933. The van der Waals surface area contributed by atoms with Crippen LogP contribution >= 0.6 is 0 Å². The number of aromatic amines is 1. The lowest BCUT2D eigenvalue weighted by atomic mass is 9.95. The number of nitrogens with one attached hydrogen (secondary N) is 2. The molecule has 0 radical (unpaired) electrons. The van der Waals surface area contributed by atoms with E-state index >= 15 is 0 Å². The summed E-state index contributed by atoms with van der Waals surface area (Å²) in [6.45, 7) is 14.8. The van der Waals surface area contributed by atoms with Gasteiger partial charge in [0.25, 0.3) is 0 Å². The summed E-state index contributed by atoms with van der Waals surface area (Å²) in [5, 5.41) is 4.51. The number of carbonyl (C=O) groups is 1. The molecule has 0 aliphatic heterocycles. The molecule has 1 heterocycles. The van der Waals surface area contributed by atoms with Gasteiger partial charge in [-0.05, 0) is 24.6 Å². The van der Waals surface area contributed by atoms with Crippen LogP contribution in [0.1, 0.15) is 54.0 Å². The second-order valence-electron chi connectivity index (χ2n) is 5.23. The third-order valence-corrected chi connectivity index (χ3v) is 3.46. The molecule has 2 N–H and O–H groups in total. The number of aromatic nitrogens is 1. The van der Waals surface area contributed by atoms with Gasteiger partial charge in [-0.25, -0.2) is 0 Å². The quantitative estimate of drug-likeness (QED) is 0.790. The highest BCUT2D eigenvalue weighted by Crippen LogP contribution is 2.20. The minimum absolute atomic E-state index is 0.0641. The smallest absolute Gasteiger partial charge is 0.152 e. The second-order valence-corrected chi connectivity index (χ2v) is 5.23. The van der Waals surface area contributed by atoms with Gasteiger partial charge in [-0.1, -0.05) is 66.7 Å². The highest BCUT2D eigenvalue weighted by atomic mass is 16.1. The third-order valence-electron chi connectivity index (χ3n) is 3.46. The van der Waals surface area contributed by atoms with Crippen molar-refractivity contribution in [3.05, 3.63) is 36.0 Å². The summed E-state index contributed by atoms with van der Waals surface area (Å²) in [5.41, 5.74) is 2.33. The summed E-state index contributed by atoms with van der Waals surface area (Å²) in [7, 11) is 0. The first-order chi connectivity index (χ1) is 11.1. The number of hydrogen-bond donors (Lipinski definition) is 2. The molecule has 23 heavy (non-hydrogen) atoms. The Morgan fingerprint density at radius 2 is 1.74 bits per heavy atom. The van der Waals surface area contributed by atoms with Crippen molar-refractivity contribution in [2.45, 2.75) is 60.9 Å². The van der Waals surface area contributed by atoms with Gasteiger partial charge in [-0.3, -0.25) is 4.79 Å². The lowest BCUT2D eigenvalue weighted by Gasteiger charge is -2.18. The number of likely N-dealkylation sites (N-methyl/N-ethyl adjacent to an activating group) is 1. The van der Waals surface area contributed by atoms with Gasteiger partial charge in [-0.2, -0.15) is 0 Å². The van der Waals surface area contributed by atoms with Crippen molar-refractivity contribution in [3.63, 3.8) is 0 Å². The van der Waals surface area contributed by atoms with E-state index in [1.165, 1.54) is 10.9 Å². The zero-order valence-corrected chi connectivity index (χ0v) is 15.9. The summed E-state index contributed by atoms with van der Waals surface area (Å²) in [6, 6.07) is 8.12. The number of H-pyrrole nitrogens is 1. The molecule has 3 nitrogen and oxygen atoms in total. The van der Waals surface area contributed by atoms with E-state index in [9.17, 15) is 4.79 Å². The summed E-state index contributed by atoms with van der Waals surface area (Å²) < 4.78 is 0. The monoisotopic (exact) mass is 318 g/mol. The predicted molar refractivity (Wildman–Crippen MR) is 102 cm³/mol. The lowest BCUT2D eigenvalue weighted by molar-refractivity contribution is -0.123. The fourth-order valence-corrected chi connectivity index (χ4v) is 2.44. The van der Waals surface area contributed by atoms with E-state index < -0.39 is 0 Å². The molecule has 0 fully saturated rings. The Kier molecular flexibility index (Phi) is 11.1. The number of carbonyl (C=O) groups excluding carboxylic acids is 1. The number of benzene rings is 1. The summed E-state index contributed by atoms with van der Waals surface area (Å²) in [6.07, 6.45) is 2.76. The zero-order valence-electron chi connectivity index (χ0n) is 15.9.